The normalized spacial score (nSPS) is 10.8. The Bertz CT molecular complexity index is 1270. The lowest BCUT2D eigenvalue weighted by Crippen LogP contribution is -2.30. The van der Waals surface area contributed by atoms with Crippen LogP contribution >= 0.6 is 0 Å². The maximum atomic E-state index is 13.4. The van der Waals surface area contributed by atoms with Gasteiger partial charge >= 0.3 is 0 Å². The highest BCUT2D eigenvalue weighted by atomic mass is 19.1. The van der Waals surface area contributed by atoms with Gasteiger partial charge < -0.3 is 5.32 Å². The van der Waals surface area contributed by atoms with Crippen LogP contribution in [0.2, 0.25) is 0 Å². The molecule has 0 bridgehead atoms. The molecule has 0 fully saturated rings. The van der Waals surface area contributed by atoms with Crippen molar-refractivity contribution in [2.24, 2.45) is 0 Å². The van der Waals surface area contributed by atoms with Gasteiger partial charge in [0.1, 0.15) is 17.5 Å². The average molecular weight is 391 g/mol. The van der Waals surface area contributed by atoms with Crippen molar-refractivity contribution in [2.75, 3.05) is 0 Å². The first-order valence-electron chi connectivity index (χ1n) is 8.83. The summed E-state index contributed by atoms with van der Waals surface area (Å²) < 4.78 is 28.0. The molecule has 0 aliphatic heterocycles. The summed E-state index contributed by atoms with van der Waals surface area (Å²) in [6.07, 6.45) is 0. The summed E-state index contributed by atoms with van der Waals surface area (Å²) in [5.41, 5.74) is 0.717. The van der Waals surface area contributed by atoms with Crippen LogP contribution in [0.4, 0.5) is 8.78 Å². The van der Waals surface area contributed by atoms with Crippen molar-refractivity contribution in [3.05, 3.63) is 106 Å². The fraction of sp³-hybridized carbons (Fsp3) is 0.0455. The van der Waals surface area contributed by atoms with Gasteiger partial charge in [0.2, 0.25) is 0 Å². The summed E-state index contributed by atoms with van der Waals surface area (Å²) in [4.78, 5) is 29.9. The van der Waals surface area contributed by atoms with Crippen LogP contribution in [0.15, 0.2) is 77.6 Å². The number of para-hydroxylation sites is 1. The maximum Gasteiger partial charge on any atom is 0.266 e. The second-order valence-corrected chi connectivity index (χ2v) is 6.36. The quantitative estimate of drug-likeness (QED) is 0.578. The number of hydrogen-bond donors (Lipinski definition) is 1. The van der Waals surface area contributed by atoms with E-state index in [1.165, 1.54) is 47.0 Å². The Hall–Kier alpha value is -3.87. The van der Waals surface area contributed by atoms with E-state index >= 15 is 0 Å². The minimum absolute atomic E-state index is 0.0766. The van der Waals surface area contributed by atoms with Crippen molar-refractivity contribution in [3.63, 3.8) is 0 Å². The third-order valence-corrected chi connectivity index (χ3v) is 4.42. The number of hydrogen-bond acceptors (Lipinski definition) is 3. The lowest BCUT2D eigenvalue weighted by molar-refractivity contribution is 0.0949. The second kappa shape index (κ2) is 7.63. The van der Waals surface area contributed by atoms with Gasteiger partial charge in [0.25, 0.3) is 11.5 Å². The molecule has 144 valence electrons. The van der Waals surface area contributed by atoms with Gasteiger partial charge in [-0.15, -0.1) is 0 Å². The Labute approximate surface area is 164 Å². The van der Waals surface area contributed by atoms with Crippen LogP contribution in [-0.4, -0.2) is 15.5 Å². The first-order chi connectivity index (χ1) is 14.0. The van der Waals surface area contributed by atoms with Crippen LogP contribution in [0, 0.1) is 11.6 Å². The van der Waals surface area contributed by atoms with E-state index in [1.807, 2.05) is 0 Å². The standard InChI is InChI=1S/C22H15F2N3O2/c23-15-8-10-17(11-9-15)27-20(26-19-7-2-1-6-18(19)22(27)29)13-25-21(28)14-4-3-5-16(24)12-14/h1-12H,13H2,(H,25,28). The third-order valence-electron chi connectivity index (χ3n) is 4.42. The second-order valence-electron chi connectivity index (χ2n) is 6.36. The van der Waals surface area contributed by atoms with Gasteiger partial charge in [-0.2, -0.15) is 0 Å². The lowest BCUT2D eigenvalue weighted by Gasteiger charge is -2.14. The molecule has 3 aromatic carbocycles. The van der Waals surface area contributed by atoms with Crippen molar-refractivity contribution in [1.29, 1.82) is 0 Å². The van der Waals surface area contributed by atoms with Gasteiger partial charge in [-0.3, -0.25) is 14.2 Å². The molecule has 0 saturated carbocycles. The van der Waals surface area contributed by atoms with Gasteiger partial charge in [-0.05, 0) is 54.6 Å². The van der Waals surface area contributed by atoms with Gasteiger partial charge in [-0.1, -0.05) is 18.2 Å². The molecular weight excluding hydrogens is 376 g/mol. The van der Waals surface area contributed by atoms with Crippen molar-refractivity contribution in [3.8, 4) is 5.69 Å². The highest BCUT2D eigenvalue weighted by Gasteiger charge is 2.14. The molecule has 1 amide bonds. The Morgan fingerprint density at radius 2 is 1.69 bits per heavy atom. The summed E-state index contributed by atoms with van der Waals surface area (Å²) in [6.45, 7) is -0.0766. The molecule has 29 heavy (non-hydrogen) atoms. The number of nitrogens with zero attached hydrogens (tertiary/aromatic N) is 2. The lowest BCUT2D eigenvalue weighted by atomic mass is 10.2. The van der Waals surface area contributed by atoms with Crippen molar-refractivity contribution in [1.82, 2.24) is 14.9 Å². The van der Waals surface area contributed by atoms with E-state index in [4.69, 9.17) is 0 Å². The van der Waals surface area contributed by atoms with E-state index in [-0.39, 0.29) is 23.5 Å². The number of carbonyl (C=O) groups excluding carboxylic acids is 1. The first-order valence-corrected chi connectivity index (χ1v) is 8.83. The number of amides is 1. The zero-order valence-corrected chi connectivity index (χ0v) is 15.1. The Balaban J connectivity index is 1.76. The van der Waals surface area contributed by atoms with Gasteiger partial charge in [0.05, 0.1) is 23.1 Å². The summed E-state index contributed by atoms with van der Waals surface area (Å²) in [5, 5.41) is 3.05. The molecule has 0 radical (unpaired) electrons. The number of halogens is 2. The van der Waals surface area contributed by atoms with Crippen LogP contribution in [-0.2, 0) is 6.54 Å². The number of rotatable bonds is 4. The molecule has 1 heterocycles. The van der Waals surface area contributed by atoms with E-state index in [0.29, 0.717) is 16.6 Å². The first kappa shape index (κ1) is 18.5. The summed E-state index contributed by atoms with van der Waals surface area (Å²) in [5.74, 6) is -1.19. The monoisotopic (exact) mass is 391 g/mol. The topological polar surface area (TPSA) is 64.0 Å². The van der Waals surface area contributed by atoms with Crippen LogP contribution < -0.4 is 10.9 Å². The van der Waals surface area contributed by atoms with E-state index in [0.717, 1.165) is 6.07 Å². The molecule has 0 aliphatic rings. The summed E-state index contributed by atoms with van der Waals surface area (Å²) in [7, 11) is 0. The largest absolute Gasteiger partial charge is 0.345 e. The van der Waals surface area contributed by atoms with E-state index in [9.17, 15) is 18.4 Å². The minimum Gasteiger partial charge on any atom is -0.345 e. The van der Waals surface area contributed by atoms with Crippen molar-refractivity contribution >= 4 is 16.8 Å². The van der Waals surface area contributed by atoms with Crippen LogP contribution in [0.1, 0.15) is 16.2 Å². The fourth-order valence-corrected chi connectivity index (χ4v) is 3.04. The molecule has 0 aliphatic carbocycles. The fourth-order valence-electron chi connectivity index (χ4n) is 3.04. The number of aromatic nitrogens is 2. The number of carbonyl (C=O) groups is 1. The minimum atomic E-state index is -0.523. The van der Waals surface area contributed by atoms with Gasteiger partial charge in [0.15, 0.2) is 0 Å². The number of nitrogens with one attached hydrogen (secondary N) is 1. The molecule has 0 atom stereocenters. The number of benzene rings is 3. The molecule has 0 spiro atoms. The van der Waals surface area contributed by atoms with Crippen molar-refractivity contribution < 1.29 is 13.6 Å². The highest BCUT2D eigenvalue weighted by Crippen LogP contribution is 2.14. The molecule has 4 aromatic rings. The molecule has 0 saturated heterocycles. The molecule has 5 nitrogen and oxygen atoms in total. The van der Waals surface area contributed by atoms with Gasteiger partial charge in [-0.25, -0.2) is 13.8 Å². The zero-order chi connectivity index (χ0) is 20.4. The SMILES string of the molecule is O=C(NCc1nc2ccccc2c(=O)n1-c1ccc(F)cc1)c1cccc(F)c1. The molecular formula is C22H15F2N3O2. The van der Waals surface area contributed by atoms with Crippen LogP contribution in [0.3, 0.4) is 0 Å². The molecule has 4 rings (SSSR count). The predicted octanol–water partition coefficient (Wildman–Crippen LogP) is 3.59. The molecule has 7 heteroatoms. The van der Waals surface area contributed by atoms with Crippen LogP contribution in [0.5, 0.6) is 0 Å². The highest BCUT2D eigenvalue weighted by molar-refractivity contribution is 5.94. The van der Waals surface area contributed by atoms with E-state index in [1.54, 1.807) is 24.3 Å². The Kier molecular flexibility index (Phi) is 4.87. The zero-order valence-electron chi connectivity index (χ0n) is 15.1. The Morgan fingerprint density at radius 3 is 2.45 bits per heavy atom. The smallest absolute Gasteiger partial charge is 0.266 e. The van der Waals surface area contributed by atoms with Gasteiger partial charge in [0, 0.05) is 5.56 Å². The predicted molar refractivity (Wildman–Crippen MR) is 105 cm³/mol. The summed E-state index contributed by atoms with van der Waals surface area (Å²) in [6, 6.07) is 17.5. The number of fused-ring (bicyclic) bond motifs is 1. The van der Waals surface area contributed by atoms with E-state index < -0.39 is 17.5 Å². The molecule has 1 N–H and O–H groups in total. The third kappa shape index (κ3) is 3.75. The molecule has 0 unspecified atom stereocenters. The summed E-state index contributed by atoms with van der Waals surface area (Å²) >= 11 is 0. The van der Waals surface area contributed by atoms with Crippen molar-refractivity contribution in [2.45, 2.75) is 6.54 Å². The Morgan fingerprint density at radius 1 is 0.931 bits per heavy atom. The maximum absolute atomic E-state index is 13.4. The van der Waals surface area contributed by atoms with Crippen LogP contribution in [0.25, 0.3) is 16.6 Å². The molecule has 1 aromatic heterocycles. The van der Waals surface area contributed by atoms with E-state index in [2.05, 4.69) is 10.3 Å². The average Bonchev–Trinajstić information content (AvgIpc) is 2.73.